The summed E-state index contributed by atoms with van der Waals surface area (Å²) in [4.78, 5) is 0. The molecule has 19 heavy (non-hydrogen) atoms. The monoisotopic (exact) mass is 262 g/mol. The largest absolute Gasteiger partial charge is 0.396 e. The Kier molecular flexibility index (Phi) is 7.46. The lowest BCUT2D eigenvalue weighted by molar-refractivity contribution is 0.125. The number of benzene rings is 1. The maximum atomic E-state index is 8.84. The Labute approximate surface area is 117 Å². The Balaban J connectivity index is 2.13. The van der Waals surface area contributed by atoms with Crippen molar-refractivity contribution in [2.24, 2.45) is 5.41 Å². The summed E-state index contributed by atoms with van der Waals surface area (Å²) in [5.74, 6) is 0. The Morgan fingerprint density at radius 1 is 1.21 bits per heavy atom. The van der Waals surface area contributed by atoms with Gasteiger partial charge in [-0.3, -0.25) is 0 Å². The number of hydrogen-bond acceptors (Lipinski definition) is 2. The van der Waals surface area contributed by atoms with E-state index in [1.54, 1.807) is 0 Å². The second-order valence-corrected chi connectivity index (χ2v) is 5.54. The minimum Gasteiger partial charge on any atom is -0.396 e. The molecule has 0 aliphatic heterocycles. The van der Waals surface area contributed by atoms with Crippen LogP contribution in [0.5, 0.6) is 0 Å². The molecule has 1 aromatic carbocycles. The van der Waals surface area contributed by atoms with Gasteiger partial charge in [0.05, 0.1) is 13.2 Å². The molecule has 0 heterocycles. The van der Waals surface area contributed by atoms with Crippen molar-refractivity contribution in [3.05, 3.63) is 48.0 Å². The zero-order chi connectivity index (χ0) is 14.0. The van der Waals surface area contributed by atoms with Gasteiger partial charge < -0.3 is 9.84 Å². The van der Waals surface area contributed by atoms with E-state index in [0.29, 0.717) is 6.61 Å². The first-order chi connectivity index (χ1) is 9.14. The van der Waals surface area contributed by atoms with Crippen molar-refractivity contribution >= 4 is 0 Å². The maximum Gasteiger partial charge on any atom is 0.0717 e. The average molecular weight is 262 g/mol. The zero-order valence-corrected chi connectivity index (χ0v) is 12.1. The Morgan fingerprint density at radius 3 is 2.63 bits per heavy atom. The summed E-state index contributed by atoms with van der Waals surface area (Å²) in [6, 6.07) is 10.2. The first-order valence-electron chi connectivity index (χ1n) is 7.04. The van der Waals surface area contributed by atoms with E-state index in [4.69, 9.17) is 9.84 Å². The van der Waals surface area contributed by atoms with Gasteiger partial charge in [0, 0.05) is 6.61 Å². The van der Waals surface area contributed by atoms with E-state index >= 15 is 0 Å². The fourth-order valence-corrected chi connectivity index (χ4v) is 1.94. The Morgan fingerprint density at radius 2 is 1.95 bits per heavy atom. The SMILES string of the molecule is CC(C)(/C=C\CCOCc1ccccc1)CCCO. The molecule has 0 amide bonds. The van der Waals surface area contributed by atoms with Gasteiger partial charge in [0.1, 0.15) is 0 Å². The lowest BCUT2D eigenvalue weighted by Gasteiger charge is -2.19. The maximum absolute atomic E-state index is 8.84. The normalized spacial score (nSPS) is 12.2. The van der Waals surface area contributed by atoms with Crippen molar-refractivity contribution in [1.29, 1.82) is 0 Å². The molecule has 0 spiro atoms. The Bertz CT molecular complexity index is 355. The second-order valence-electron chi connectivity index (χ2n) is 5.54. The molecule has 0 fully saturated rings. The quantitative estimate of drug-likeness (QED) is 0.539. The van der Waals surface area contributed by atoms with Crippen molar-refractivity contribution in [2.75, 3.05) is 13.2 Å². The van der Waals surface area contributed by atoms with Crippen molar-refractivity contribution in [3.63, 3.8) is 0 Å². The Hall–Kier alpha value is -1.12. The molecule has 0 bridgehead atoms. The van der Waals surface area contributed by atoms with Crippen LogP contribution in [0.4, 0.5) is 0 Å². The first-order valence-corrected chi connectivity index (χ1v) is 7.04. The summed E-state index contributed by atoms with van der Waals surface area (Å²) in [6.45, 7) is 6.11. The highest BCUT2D eigenvalue weighted by molar-refractivity contribution is 5.13. The molecular weight excluding hydrogens is 236 g/mol. The highest BCUT2D eigenvalue weighted by atomic mass is 16.5. The number of aliphatic hydroxyl groups excluding tert-OH is 1. The molecule has 1 rings (SSSR count). The van der Waals surface area contributed by atoms with Crippen LogP contribution in [0, 0.1) is 5.41 Å². The van der Waals surface area contributed by atoms with Crippen molar-refractivity contribution < 1.29 is 9.84 Å². The first kappa shape index (κ1) is 15.9. The lowest BCUT2D eigenvalue weighted by Crippen LogP contribution is -2.08. The summed E-state index contributed by atoms with van der Waals surface area (Å²) in [5, 5.41) is 8.84. The zero-order valence-electron chi connectivity index (χ0n) is 12.1. The topological polar surface area (TPSA) is 29.5 Å². The molecule has 1 N–H and O–H groups in total. The van der Waals surface area contributed by atoms with Crippen LogP contribution in [-0.2, 0) is 11.3 Å². The minimum atomic E-state index is 0.169. The van der Waals surface area contributed by atoms with Crippen molar-refractivity contribution in [2.45, 2.75) is 39.7 Å². The van der Waals surface area contributed by atoms with Gasteiger partial charge in [-0.25, -0.2) is 0 Å². The van der Waals surface area contributed by atoms with Crippen LogP contribution in [0.25, 0.3) is 0 Å². The van der Waals surface area contributed by atoms with E-state index in [1.165, 1.54) is 5.56 Å². The number of hydrogen-bond donors (Lipinski definition) is 1. The third-order valence-electron chi connectivity index (χ3n) is 3.09. The fourth-order valence-electron chi connectivity index (χ4n) is 1.94. The van der Waals surface area contributed by atoms with Gasteiger partial charge in [-0.05, 0) is 30.2 Å². The van der Waals surface area contributed by atoms with Gasteiger partial charge in [-0.1, -0.05) is 56.3 Å². The smallest absolute Gasteiger partial charge is 0.0717 e. The highest BCUT2D eigenvalue weighted by Gasteiger charge is 2.12. The molecule has 0 aromatic heterocycles. The summed E-state index contributed by atoms with van der Waals surface area (Å²) >= 11 is 0. The second kappa shape index (κ2) is 8.89. The number of allylic oxidation sites excluding steroid dienone is 1. The van der Waals surface area contributed by atoms with Crippen LogP contribution >= 0.6 is 0 Å². The minimum absolute atomic E-state index is 0.169. The summed E-state index contributed by atoms with van der Waals surface area (Å²) in [7, 11) is 0. The molecule has 0 aliphatic carbocycles. The van der Waals surface area contributed by atoms with Gasteiger partial charge in [0.15, 0.2) is 0 Å². The third-order valence-corrected chi connectivity index (χ3v) is 3.09. The van der Waals surface area contributed by atoms with E-state index < -0.39 is 0 Å². The standard InChI is InChI=1S/C17H26O2/c1-17(2,12-8-13-18)11-6-7-14-19-15-16-9-4-3-5-10-16/h3-6,9-11,18H,7-8,12-15H2,1-2H3/b11-6-. The van der Waals surface area contributed by atoms with Gasteiger partial charge in [-0.2, -0.15) is 0 Å². The van der Waals surface area contributed by atoms with Gasteiger partial charge in [0.2, 0.25) is 0 Å². The number of aliphatic hydroxyl groups is 1. The van der Waals surface area contributed by atoms with E-state index in [2.05, 4.69) is 38.1 Å². The van der Waals surface area contributed by atoms with E-state index in [9.17, 15) is 0 Å². The predicted molar refractivity (Wildman–Crippen MR) is 80.0 cm³/mol. The molecular formula is C17H26O2. The van der Waals surface area contributed by atoms with Gasteiger partial charge in [-0.15, -0.1) is 0 Å². The van der Waals surface area contributed by atoms with Gasteiger partial charge in [0.25, 0.3) is 0 Å². The fraction of sp³-hybridized carbons (Fsp3) is 0.529. The summed E-state index contributed by atoms with van der Waals surface area (Å²) in [6.07, 6.45) is 7.24. The molecule has 0 radical (unpaired) electrons. The molecule has 0 aliphatic rings. The number of rotatable bonds is 9. The summed E-state index contributed by atoms with van der Waals surface area (Å²) in [5.41, 5.74) is 1.39. The average Bonchev–Trinajstić information content (AvgIpc) is 2.42. The van der Waals surface area contributed by atoms with E-state index in [-0.39, 0.29) is 12.0 Å². The molecule has 0 unspecified atom stereocenters. The third kappa shape index (κ3) is 7.81. The molecule has 106 valence electrons. The van der Waals surface area contributed by atoms with Crippen molar-refractivity contribution in [1.82, 2.24) is 0 Å². The molecule has 2 nitrogen and oxygen atoms in total. The molecule has 2 heteroatoms. The molecule has 0 saturated heterocycles. The van der Waals surface area contributed by atoms with Gasteiger partial charge >= 0.3 is 0 Å². The number of ether oxygens (including phenoxy) is 1. The van der Waals surface area contributed by atoms with Crippen LogP contribution < -0.4 is 0 Å². The van der Waals surface area contributed by atoms with Crippen molar-refractivity contribution in [3.8, 4) is 0 Å². The van der Waals surface area contributed by atoms with Crippen LogP contribution in [-0.4, -0.2) is 18.3 Å². The molecule has 0 saturated carbocycles. The summed E-state index contributed by atoms with van der Waals surface area (Å²) < 4.78 is 5.62. The highest BCUT2D eigenvalue weighted by Crippen LogP contribution is 2.23. The predicted octanol–water partition coefficient (Wildman–Crippen LogP) is 3.95. The lowest BCUT2D eigenvalue weighted by atomic mass is 9.87. The van der Waals surface area contributed by atoms with Crippen LogP contribution in [0.15, 0.2) is 42.5 Å². The van der Waals surface area contributed by atoms with E-state index in [1.807, 2.05) is 18.2 Å². The molecule has 0 atom stereocenters. The van der Waals surface area contributed by atoms with Crippen LogP contribution in [0.1, 0.15) is 38.7 Å². The van der Waals surface area contributed by atoms with Crippen LogP contribution in [0.2, 0.25) is 0 Å². The van der Waals surface area contributed by atoms with E-state index in [0.717, 1.165) is 25.9 Å². The molecule has 1 aromatic rings. The van der Waals surface area contributed by atoms with Crippen LogP contribution in [0.3, 0.4) is 0 Å².